The molecule has 0 aromatic heterocycles. The lowest BCUT2D eigenvalue weighted by atomic mass is 9.83. The molecule has 1 aliphatic carbocycles. The topological polar surface area (TPSA) is 49.7 Å². The van der Waals surface area contributed by atoms with Gasteiger partial charge in [-0.05, 0) is 61.3 Å². The molecule has 0 aliphatic heterocycles. The third-order valence-corrected chi connectivity index (χ3v) is 4.66. The van der Waals surface area contributed by atoms with Crippen molar-refractivity contribution in [1.29, 1.82) is 0 Å². The quantitative estimate of drug-likeness (QED) is 0.847. The van der Waals surface area contributed by atoms with Crippen LogP contribution in [-0.2, 0) is 6.61 Å². The van der Waals surface area contributed by atoms with Crippen molar-refractivity contribution in [2.75, 3.05) is 12.0 Å². The van der Waals surface area contributed by atoms with Crippen molar-refractivity contribution in [2.24, 2.45) is 5.92 Å². The van der Waals surface area contributed by atoms with Crippen LogP contribution in [0.4, 0.5) is 0 Å². The van der Waals surface area contributed by atoms with Crippen LogP contribution in [0.15, 0.2) is 24.3 Å². The van der Waals surface area contributed by atoms with Gasteiger partial charge < -0.3 is 14.9 Å². The Labute approximate surface area is 125 Å². The van der Waals surface area contributed by atoms with Gasteiger partial charge in [0.25, 0.3) is 0 Å². The standard InChI is InChI=1S/C16H24O3S/c1-20-10-9-13-3-2-4-15(16(13)18)19-14-7-5-12(11-17)6-8-14/h5-8,13,15-18H,2-4,9-11H2,1H3. The van der Waals surface area contributed by atoms with Crippen LogP contribution in [0, 0.1) is 5.92 Å². The van der Waals surface area contributed by atoms with Gasteiger partial charge in [0, 0.05) is 0 Å². The number of thioether (sulfide) groups is 1. The van der Waals surface area contributed by atoms with Crippen molar-refractivity contribution in [2.45, 2.75) is 44.5 Å². The van der Waals surface area contributed by atoms with Crippen molar-refractivity contribution < 1.29 is 14.9 Å². The summed E-state index contributed by atoms with van der Waals surface area (Å²) in [5.74, 6) is 2.23. The van der Waals surface area contributed by atoms with E-state index in [2.05, 4.69) is 6.26 Å². The molecule has 1 aliphatic rings. The first kappa shape index (κ1) is 15.7. The average molecular weight is 296 g/mol. The maximum Gasteiger partial charge on any atom is 0.125 e. The molecule has 3 nitrogen and oxygen atoms in total. The largest absolute Gasteiger partial charge is 0.488 e. The van der Waals surface area contributed by atoms with Crippen molar-refractivity contribution in [3.05, 3.63) is 29.8 Å². The molecule has 2 rings (SSSR count). The summed E-state index contributed by atoms with van der Waals surface area (Å²) >= 11 is 1.83. The molecule has 20 heavy (non-hydrogen) atoms. The summed E-state index contributed by atoms with van der Waals surface area (Å²) in [6, 6.07) is 7.44. The van der Waals surface area contributed by atoms with Gasteiger partial charge in [0.1, 0.15) is 11.9 Å². The predicted molar refractivity (Wildman–Crippen MR) is 83.1 cm³/mol. The van der Waals surface area contributed by atoms with Crippen molar-refractivity contribution >= 4 is 11.8 Å². The van der Waals surface area contributed by atoms with Crippen molar-refractivity contribution in [3.8, 4) is 5.75 Å². The van der Waals surface area contributed by atoms with Crippen LogP contribution in [0.2, 0.25) is 0 Å². The Morgan fingerprint density at radius 1 is 1.25 bits per heavy atom. The average Bonchev–Trinajstić information content (AvgIpc) is 2.49. The lowest BCUT2D eigenvalue weighted by molar-refractivity contribution is -0.0317. The van der Waals surface area contributed by atoms with E-state index >= 15 is 0 Å². The molecule has 1 aromatic carbocycles. The third-order valence-electron chi connectivity index (χ3n) is 4.01. The van der Waals surface area contributed by atoms with Gasteiger partial charge in [-0.1, -0.05) is 12.1 Å². The molecule has 0 saturated heterocycles. The SMILES string of the molecule is CSCCC1CCCC(Oc2ccc(CO)cc2)C1O. The molecule has 0 radical (unpaired) electrons. The minimum atomic E-state index is -0.367. The van der Waals surface area contributed by atoms with Crippen molar-refractivity contribution in [1.82, 2.24) is 0 Å². The summed E-state index contributed by atoms with van der Waals surface area (Å²) in [4.78, 5) is 0. The van der Waals surface area contributed by atoms with Crippen LogP contribution >= 0.6 is 11.8 Å². The molecular weight excluding hydrogens is 272 g/mol. The normalized spacial score (nSPS) is 26.4. The Bertz CT molecular complexity index is 393. The molecule has 0 spiro atoms. The molecule has 0 amide bonds. The second-order valence-electron chi connectivity index (χ2n) is 5.42. The van der Waals surface area contributed by atoms with Gasteiger partial charge in [0.05, 0.1) is 12.7 Å². The van der Waals surface area contributed by atoms with E-state index in [4.69, 9.17) is 9.84 Å². The highest BCUT2D eigenvalue weighted by Gasteiger charge is 2.32. The highest BCUT2D eigenvalue weighted by atomic mass is 32.2. The summed E-state index contributed by atoms with van der Waals surface area (Å²) in [6.45, 7) is 0.0447. The van der Waals surface area contributed by atoms with Crippen LogP contribution in [0.25, 0.3) is 0 Å². The highest BCUT2D eigenvalue weighted by Crippen LogP contribution is 2.31. The van der Waals surface area contributed by atoms with Gasteiger partial charge in [-0.15, -0.1) is 0 Å². The fraction of sp³-hybridized carbons (Fsp3) is 0.625. The zero-order chi connectivity index (χ0) is 14.4. The Morgan fingerprint density at radius 3 is 2.65 bits per heavy atom. The minimum absolute atomic E-state index is 0.0447. The molecular formula is C16H24O3S. The van der Waals surface area contributed by atoms with E-state index in [1.807, 2.05) is 36.0 Å². The number of rotatable bonds is 6. The summed E-state index contributed by atoms with van der Waals surface area (Å²) in [7, 11) is 0. The van der Waals surface area contributed by atoms with Crippen LogP contribution in [0.1, 0.15) is 31.2 Å². The summed E-state index contributed by atoms with van der Waals surface area (Å²) in [5, 5.41) is 19.5. The Balaban J connectivity index is 1.93. The second-order valence-corrected chi connectivity index (χ2v) is 6.41. The fourth-order valence-electron chi connectivity index (χ4n) is 2.79. The summed E-state index contributed by atoms with van der Waals surface area (Å²) in [6.07, 6.45) is 5.83. The Hall–Kier alpha value is -0.710. The molecule has 3 atom stereocenters. The number of hydrogen-bond donors (Lipinski definition) is 2. The third kappa shape index (κ3) is 4.14. The smallest absolute Gasteiger partial charge is 0.125 e. The molecule has 1 fully saturated rings. The van der Waals surface area contributed by atoms with E-state index in [0.29, 0.717) is 5.92 Å². The monoisotopic (exact) mass is 296 g/mol. The molecule has 3 unspecified atom stereocenters. The maximum absolute atomic E-state index is 10.4. The van der Waals surface area contributed by atoms with Gasteiger partial charge in [-0.3, -0.25) is 0 Å². The zero-order valence-electron chi connectivity index (χ0n) is 12.0. The molecule has 112 valence electrons. The zero-order valence-corrected chi connectivity index (χ0v) is 12.8. The van der Waals surface area contributed by atoms with Gasteiger partial charge in [-0.25, -0.2) is 0 Å². The van der Waals surface area contributed by atoms with E-state index < -0.39 is 0 Å². The minimum Gasteiger partial charge on any atom is -0.488 e. The first-order valence-electron chi connectivity index (χ1n) is 7.28. The molecule has 1 saturated carbocycles. The summed E-state index contributed by atoms with van der Waals surface area (Å²) in [5.41, 5.74) is 0.874. The second kappa shape index (κ2) is 7.91. The molecule has 2 N–H and O–H groups in total. The first-order valence-corrected chi connectivity index (χ1v) is 8.67. The summed E-state index contributed by atoms with van der Waals surface area (Å²) < 4.78 is 5.94. The Morgan fingerprint density at radius 2 is 2.00 bits per heavy atom. The lowest BCUT2D eigenvalue weighted by Gasteiger charge is -2.35. The maximum atomic E-state index is 10.4. The molecule has 0 heterocycles. The van der Waals surface area contributed by atoms with E-state index in [1.54, 1.807) is 0 Å². The van der Waals surface area contributed by atoms with Crippen LogP contribution in [-0.4, -0.2) is 34.4 Å². The molecule has 1 aromatic rings. The predicted octanol–water partition coefficient (Wildman–Crippen LogP) is 2.84. The van der Waals surface area contributed by atoms with E-state index in [9.17, 15) is 5.11 Å². The fourth-order valence-corrected chi connectivity index (χ4v) is 3.33. The van der Waals surface area contributed by atoms with E-state index in [1.165, 1.54) is 0 Å². The van der Waals surface area contributed by atoms with E-state index in [-0.39, 0.29) is 18.8 Å². The number of aliphatic hydroxyl groups is 2. The van der Waals surface area contributed by atoms with Crippen LogP contribution in [0.3, 0.4) is 0 Å². The van der Waals surface area contributed by atoms with Crippen molar-refractivity contribution in [3.63, 3.8) is 0 Å². The molecule has 4 heteroatoms. The number of ether oxygens (including phenoxy) is 1. The lowest BCUT2D eigenvalue weighted by Crippen LogP contribution is -2.41. The Kier molecular flexibility index (Phi) is 6.20. The molecule has 0 bridgehead atoms. The van der Waals surface area contributed by atoms with Gasteiger partial charge in [0.15, 0.2) is 0 Å². The van der Waals surface area contributed by atoms with Gasteiger partial charge in [-0.2, -0.15) is 11.8 Å². The first-order chi connectivity index (χ1) is 9.74. The van der Waals surface area contributed by atoms with Gasteiger partial charge in [0.2, 0.25) is 0 Å². The van der Waals surface area contributed by atoms with Crippen LogP contribution in [0.5, 0.6) is 5.75 Å². The van der Waals surface area contributed by atoms with Gasteiger partial charge >= 0.3 is 0 Å². The van der Waals surface area contributed by atoms with Crippen LogP contribution < -0.4 is 4.74 Å². The number of aliphatic hydroxyl groups excluding tert-OH is 2. The number of hydrogen-bond acceptors (Lipinski definition) is 4. The number of benzene rings is 1. The highest BCUT2D eigenvalue weighted by molar-refractivity contribution is 7.98. The van der Waals surface area contributed by atoms with E-state index in [0.717, 1.165) is 42.7 Å².